The number of rotatable bonds is 7. The number of benzene rings is 2. The molecule has 0 atom stereocenters. The fraction of sp³-hybridized carbons (Fsp3) is 0.227. The molecular formula is C22H19NO6S3. The van der Waals surface area contributed by atoms with Gasteiger partial charge in [-0.3, -0.25) is 0 Å². The summed E-state index contributed by atoms with van der Waals surface area (Å²) in [4.78, 5) is 0. The van der Waals surface area contributed by atoms with Crippen molar-refractivity contribution in [3.63, 3.8) is 0 Å². The Balaban J connectivity index is 1.62. The summed E-state index contributed by atoms with van der Waals surface area (Å²) in [6.45, 7) is 0.607. The van der Waals surface area contributed by atoms with Crippen molar-refractivity contribution >= 4 is 65.2 Å². The van der Waals surface area contributed by atoms with E-state index in [1.807, 2.05) is 47.9 Å². The van der Waals surface area contributed by atoms with Gasteiger partial charge >= 0.3 is 0 Å². The molecule has 0 radical (unpaired) electrons. The van der Waals surface area contributed by atoms with Crippen LogP contribution in [0, 0.1) is 0 Å². The Kier molecular flexibility index (Phi) is 5.54. The van der Waals surface area contributed by atoms with Gasteiger partial charge in [-0.1, -0.05) is 23.5 Å². The second-order valence-corrected chi connectivity index (χ2v) is 10.7. The first kappa shape index (κ1) is 21.2. The zero-order valence-electron chi connectivity index (χ0n) is 17.1. The van der Waals surface area contributed by atoms with Crippen LogP contribution >= 0.6 is 22.7 Å². The second kappa shape index (κ2) is 8.36. The minimum Gasteiger partial charge on any atom is -0.748 e. The van der Waals surface area contributed by atoms with Gasteiger partial charge in [0.15, 0.2) is 18.0 Å². The number of thiazole rings is 1. The third-order valence-electron chi connectivity index (χ3n) is 5.22. The molecule has 0 amide bonds. The normalized spacial score (nSPS) is 13.6. The lowest BCUT2D eigenvalue weighted by Gasteiger charge is -2.05. The predicted octanol–water partition coefficient (Wildman–Crippen LogP) is 4.25. The molecule has 2 aromatic carbocycles. The van der Waals surface area contributed by atoms with Crippen LogP contribution in [0.15, 0.2) is 35.7 Å². The van der Waals surface area contributed by atoms with E-state index in [2.05, 4.69) is 4.57 Å². The number of hydrogen-bond acceptors (Lipinski definition) is 8. The topological polar surface area (TPSA) is 88.8 Å². The number of para-hydroxylation sites is 1. The Morgan fingerprint density at radius 1 is 1.25 bits per heavy atom. The highest BCUT2D eigenvalue weighted by atomic mass is 32.2. The number of thiophene rings is 1. The maximum absolute atomic E-state index is 11.2. The van der Waals surface area contributed by atoms with Gasteiger partial charge in [-0.25, -0.2) is 8.42 Å². The van der Waals surface area contributed by atoms with Gasteiger partial charge in [0.05, 0.1) is 17.2 Å². The molecule has 0 aliphatic carbocycles. The van der Waals surface area contributed by atoms with E-state index in [-0.39, 0.29) is 13.2 Å². The molecule has 1 aliphatic heterocycles. The molecule has 0 spiro atoms. The van der Waals surface area contributed by atoms with Gasteiger partial charge in [-0.05, 0) is 23.6 Å². The fourth-order valence-electron chi connectivity index (χ4n) is 3.83. The average molecular weight is 490 g/mol. The fourth-order valence-corrected chi connectivity index (χ4v) is 6.48. The van der Waals surface area contributed by atoms with Crippen LogP contribution in [0.2, 0.25) is 0 Å². The van der Waals surface area contributed by atoms with Crippen molar-refractivity contribution in [3.05, 3.63) is 46.3 Å². The highest BCUT2D eigenvalue weighted by Crippen LogP contribution is 2.39. The van der Waals surface area contributed by atoms with Crippen molar-refractivity contribution in [2.45, 2.75) is 13.0 Å². The van der Waals surface area contributed by atoms with Gasteiger partial charge < -0.3 is 18.8 Å². The molecule has 0 saturated heterocycles. The molecule has 3 heterocycles. The third-order valence-corrected chi connectivity index (χ3v) is 8.03. The van der Waals surface area contributed by atoms with E-state index in [0.29, 0.717) is 18.0 Å². The van der Waals surface area contributed by atoms with Crippen molar-refractivity contribution in [1.29, 1.82) is 0 Å². The quantitative estimate of drug-likeness (QED) is 0.285. The summed E-state index contributed by atoms with van der Waals surface area (Å²) in [5, 5.41) is 3.95. The summed E-state index contributed by atoms with van der Waals surface area (Å²) in [6, 6.07) is 9.74. The highest BCUT2D eigenvalue weighted by Gasteiger charge is 2.24. The van der Waals surface area contributed by atoms with Crippen LogP contribution in [0.25, 0.3) is 32.5 Å². The Hall–Kier alpha value is -2.66. The molecule has 0 saturated carbocycles. The lowest BCUT2D eigenvalue weighted by atomic mass is 10.1. The van der Waals surface area contributed by atoms with E-state index in [1.165, 1.54) is 0 Å². The van der Waals surface area contributed by atoms with Gasteiger partial charge in [0, 0.05) is 35.3 Å². The summed E-state index contributed by atoms with van der Waals surface area (Å²) in [7, 11) is -2.62. The number of ether oxygens (including phenoxy) is 3. The van der Waals surface area contributed by atoms with Crippen molar-refractivity contribution in [1.82, 2.24) is 0 Å². The van der Waals surface area contributed by atoms with Gasteiger partial charge in [-0.2, -0.15) is 4.57 Å². The Morgan fingerprint density at radius 3 is 2.94 bits per heavy atom. The number of hydrogen-bond donors (Lipinski definition) is 0. The molecule has 7 nitrogen and oxygen atoms in total. The molecule has 166 valence electrons. The first-order chi connectivity index (χ1) is 15.4. The molecule has 0 bridgehead atoms. The molecular weight excluding hydrogens is 470 g/mol. The predicted molar refractivity (Wildman–Crippen MR) is 125 cm³/mol. The molecule has 10 heteroatoms. The molecule has 2 aromatic heterocycles. The highest BCUT2D eigenvalue weighted by molar-refractivity contribution is 7.85. The lowest BCUT2D eigenvalue weighted by molar-refractivity contribution is -0.667. The molecule has 0 N–H and O–H groups in total. The Labute approximate surface area is 192 Å². The first-order valence-corrected chi connectivity index (χ1v) is 13.1. The first-order valence-electron chi connectivity index (χ1n) is 9.85. The van der Waals surface area contributed by atoms with Crippen molar-refractivity contribution in [2.24, 2.45) is 0 Å². The minimum absolute atomic E-state index is 0.197. The van der Waals surface area contributed by atoms with E-state index in [0.717, 1.165) is 36.6 Å². The Bertz CT molecular complexity index is 1450. The summed E-state index contributed by atoms with van der Waals surface area (Å²) >= 11 is 3.19. The van der Waals surface area contributed by atoms with E-state index in [4.69, 9.17) is 14.2 Å². The SMILES string of the molecule is COc1cc2sc(/C=C/c3cccc4c3OCO4)[n+](CCCS(=O)(=O)[O-])c2c2sccc12. The lowest BCUT2D eigenvalue weighted by Crippen LogP contribution is -2.36. The summed E-state index contributed by atoms with van der Waals surface area (Å²) in [5.74, 6) is 1.81. The molecule has 4 aromatic rings. The van der Waals surface area contributed by atoms with Crippen LogP contribution in [-0.2, 0) is 16.7 Å². The molecule has 1 aliphatic rings. The third kappa shape index (κ3) is 3.95. The molecule has 32 heavy (non-hydrogen) atoms. The molecule has 0 unspecified atom stereocenters. The van der Waals surface area contributed by atoms with Gasteiger partial charge in [0.25, 0.3) is 5.01 Å². The second-order valence-electron chi connectivity index (χ2n) is 7.21. The largest absolute Gasteiger partial charge is 0.748 e. The van der Waals surface area contributed by atoms with Crippen molar-refractivity contribution in [3.8, 4) is 17.2 Å². The van der Waals surface area contributed by atoms with E-state index < -0.39 is 15.9 Å². The van der Waals surface area contributed by atoms with Crippen LogP contribution < -0.4 is 18.8 Å². The number of nitrogens with zero attached hydrogens (tertiary/aromatic N) is 1. The zero-order chi connectivity index (χ0) is 22.3. The number of fused-ring (bicyclic) bond motifs is 4. The minimum atomic E-state index is -4.27. The maximum atomic E-state index is 11.2. The van der Waals surface area contributed by atoms with Gasteiger partial charge in [0.1, 0.15) is 15.1 Å². The summed E-state index contributed by atoms with van der Waals surface area (Å²) in [6.07, 6.45) is 4.18. The van der Waals surface area contributed by atoms with Crippen LogP contribution in [0.3, 0.4) is 0 Å². The van der Waals surface area contributed by atoms with Crippen LogP contribution in [-0.4, -0.2) is 32.6 Å². The smallest absolute Gasteiger partial charge is 0.262 e. The van der Waals surface area contributed by atoms with Crippen molar-refractivity contribution in [2.75, 3.05) is 19.7 Å². The maximum Gasteiger partial charge on any atom is 0.262 e. The monoisotopic (exact) mass is 489 g/mol. The van der Waals surface area contributed by atoms with Crippen LogP contribution in [0.1, 0.15) is 17.0 Å². The van der Waals surface area contributed by atoms with E-state index in [9.17, 15) is 13.0 Å². The number of aromatic nitrogens is 1. The van der Waals surface area contributed by atoms with Crippen LogP contribution in [0.4, 0.5) is 0 Å². The summed E-state index contributed by atoms with van der Waals surface area (Å²) < 4.78 is 54.3. The van der Waals surface area contributed by atoms with E-state index >= 15 is 0 Å². The number of methoxy groups -OCH3 is 1. The van der Waals surface area contributed by atoms with Gasteiger partial charge in [0.2, 0.25) is 12.3 Å². The zero-order valence-corrected chi connectivity index (χ0v) is 19.5. The van der Waals surface area contributed by atoms with E-state index in [1.54, 1.807) is 29.8 Å². The summed E-state index contributed by atoms with van der Waals surface area (Å²) in [5.41, 5.74) is 1.91. The van der Waals surface area contributed by atoms with Gasteiger partial charge in [-0.15, -0.1) is 11.3 Å². The average Bonchev–Trinajstić information content (AvgIpc) is 3.48. The van der Waals surface area contributed by atoms with Crippen molar-refractivity contribution < 1.29 is 31.7 Å². The van der Waals surface area contributed by atoms with Crippen LogP contribution in [0.5, 0.6) is 17.2 Å². The standard InChI is InChI=1S/C22H19NO6S3/c1-27-17-12-18-20(22-15(17)8-10-30-22)23(9-3-11-32(24,25)26)19(31-18)7-6-14-4-2-5-16-21(14)29-13-28-16/h2,4-8,10,12H,3,9,11,13H2,1H3/b7-6+. The molecule has 0 fully saturated rings. The molecule has 5 rings (SSSR count). The Morgan fingerprint density at radius 2 is 2.12 bits per heavy atom. The number of aryl methyl sites for hydroxylation is 1.